The van der Waals surface area contributed by atoms with E-state index >= 15 is 0 Å². The molecule has 138 valence electrons. The lowest BCUT2D eigenvalue weighted by atomic mass is 10.0. The Hall–Kier alpha value is -4.13. The highest BCUT2D eigenvalue weighted by Crippen LogP contribution is 2.37. The zero-order valence-electron chi connectivity index (χ0n) is 14.5. The molecule has 0 aliphatic rings. The predicted octanol–water partition coefficient (Wildman–Crippen LogP) is 3.71. The third kappa shape index (κ3) is 2.95. The number of aromatic hydroxyl groups is 2. The molecule has 0 saturated carbocycles. The SMILES string of the molecule is O=C(O)c1c(-c2ccccc2)nn(-c2ccccn2)c1-c1ccc(O)c(O)c1. The van der Waals surface area contributed by atoms with Crippen LogP contribution in [0.5, 0.6) is 11.5 Å². The largest absolute Gasteiger partial charge is 0.504 e. The van der Waals surface area contributed by atoms with E-state index in [0.717, 1.165) is 0 Å². The Morgan fingerprint density at radius 1 is 0.857 bits per heavy atom. The van der Waals surface area contributed by atoms with E-state index in [-0.39, 0.29) is 28.5 Å². The third-order valence-electron chi connectivity index (χ3n) is 4.26. The van der Waals surface area contributed by atoms with Gasteiger partial charge in [0.15, 0.2) is 17.3 Å². The van der Waals surface area contributed by atoms with Gasteiger partial charge in [0.05, 0.1) is 5.69 Å². The van der Waals surface area contributed by atoms with E-state index in [4.69, 9.17) is 0 Å². The zero-order chi connectivity index (χ0) is 19.7. The third-order valence-corrected chi connectivity index (χ3v) is 4.26. The minimum atomic E-state index is -1.16. The van der Waals surface area contributed by atoms with Crippen molar-refractivity contribution in [3.63, 3.8) is 0 Å². The second-order valence-electron chi connectivity index (χ2n) is 6.05. The molecule has 0 amide bonds. The number of phenolic OH excluding ortho intramolecular Hbond substituents is 2. The maximum absolute atomic E-state index is 12.2. The van der Waals surface area contributed by atoms with Crippen molar-refractivity contribution in [1.29, 1.82) is 0 Å². The standard InChI is InChI=1S/C21H15N3O4/c25-15-10-9-14(12-16(15)26)20-18(21(27)28)19(13-6-2-1-3-7-13)23-24(20)17-8-4-5-11-22-17/h1-12,25-26H,(H,27,28). The number of aromatic nitrogens is 3. The fraction of sp³-hybridized carbons (Fsp3) is 0. The lowest BCUT2D eigenvalue weighted by Gasteiger charge is -2.09. The van der Waals surface area contributed by atoms with E-state index in [2.05, 4.69) is 10.1 Å². The first kappa shape index (κ1) is 17.3. The molecule has 0 fully saturated rings. The van der Waals surface area contributed by atoms with Crippen LogP contribution in [0, 0.1) is 0 Å². The number of carbonyl (C=O) groups is 1. The first-order valence-electron chi connectivity index (χ1n) is 8.41. The van der Waals surface area contributed by atoms with Crippen molar-refractivity contribution >= 4 is 5.97 Å². The summed E-state index contributed by atoms with van der Waals surface area (Å²) in [5.41, 5.74) is 1.52. The lowest BCUT2D eigenvalue weighted by molar-refractivity contribution is 0.0698. The summed E-state index contributed by atoms with van der Waals surface area (Å²) in [6.07, 6.45) is 1.58. The molecule has 7 heteroatoms. The normalized spacial score (nSPS) is 10.7. The lowest BCUT2D eigenvalue weighted by Crippen LogP contribution is -2.04. The molecule has 0 aliphatic carbocycles. The van der Waals surface area contributed by atoms with Gasteiger partial charge in [0.2, 0.25) is 0 Å². The van der Waals surface area contributed by atoms with Gasteiger partial charge >= 0.3 is 5.97 Å². The van der Waals surface area contributed by atoms with Crippen molar-refractivity contribution in [1.82, 2.24) is 14.8 Å². The number of benzene rings is 2. The molecule has 3 N–H and O–H groups in total. The van der Waals surface area contributed by atoms with Gasteiger partial charge in [-0.25, -0.2) is 14.5 Å². The number of phenols is 2. The highest BCUT2D eigenvalue weighted by Gasteiger charge is 2.27. The van der Waals surface area contributed by atoms with Crippen molar-refractivity contribution < 1.29 is 20.1 Å². The van der Waals surface area contributed by atoms with E-state index in [9.17, 15) is 20.1 Å². The molecule has 2 aromatic carbocycles. The fourth-order valence-corrected chi connectivity index (χ4v) is 3.00. The van der Waals surface area contributed by atoms with Crippen LogP contribution in [-0.4, -0.2) is 36.1 Å². The number of hydrogen-bond donors (Lipinski definition) is 3. The number of hydrogen-bond acceptors (Lipinski definition) is 5. The Bertz CT molecular complexity index is 1160. The summed E-state index contributed by atoms with van der Waals surface area (Å²) in [4.78, 5) is 16.5. The van der Waals surface area contributed by atoms with Gasteiger partial charge in [-0.1, -0.05) is 36.4 Å². The average Bonchev–Trinajstić information content (AvgIpc) is 3.12. The van der Waals surface area contributed by atoms with Gasteiger partial charge in [-0.15, -0.1) is 0 Å². The molecular weight excluding hydrogens is 358 g/mol. The minimum absolute atomic E-state index is 0.0260. The van der Waals surface area contributed by atoms with Crippen LogP contribution < -0.4 is 0 Å². The van der Waals surface area contributed by atoms with E-state index in [1.54, 1.807) is 48.7 Å². The number of nitrogens with zero attached hydrogens (tertiary/aromatic N) is 3. The van der Waals surface area contributed by atoms with E-state index in [1.807, 2.05) is 6.07 Å². The molecule has 4 aromatic rings. The van der Waals surface area contributed by atoms with Gasteiger partial charge in [-0.3, -0.25) is 0 Å². The fourth-order valence-electron chi connectivity index (χ4n) is 3.00. The minimum Gasteiger partial charge on any atom is -0.504 e. The second-order valence-corrected chi connectivity index (χ2v) is 6.05. The Morgan fingerprint density at radius 2 is 1.61 bits per heavy atom. The van der Waals surface area contributed by atoms with Crippen LogP contribution in [0.3, 0.4) is 0 Å². The van der Waals surface area contributed by atoms with Crippen molar-refractivity contribution in [3.8, 4) is 39.8 Å². The quantitative estimate of drug-likeness (QED) is 0.471. The first-order valence-corrected chi connectivity index (χ1v) is 8.41. The zero-order valence-corrected chi connectivity index (χ0v) is 14.5. The first-order chi connectivity index (χ1) is 13.6. The number of carboxylic acids is 1. The van der Waals surface area contributed by atoms with Crippen LogP contribution >= 0.6 is 0 Å². The summed E-state index contributed by atoms with van der Waals surface area (Å²) in [6, 6.07) is 18.3. The molecule has 2 heterocycles. The molecule has 0 atom stereocenters. The maximum atomic E-state index is 12.2. The van der Waals surface area contributed by atoms with Gasteiger partial charge in [0, 0.05) is 17.3 Å². The van der Waals surface area contributed by atoms with Gasteiger partial charge in [-0.2, -0.15) is 5.10 Å². The molecule has 0 bridgehead atoms. The number of rotatable bonds is 4. The van der Waals surface area contributed by atoms with Crippen LogP contribution in [0.1, 0.15) is 10.4 Å². The Kier molecular flexibility index (Phi) is 4.25. The van der Waals surface area contributed by atoms with Crippen LogP contribution in [-0.2, 0) is 0 Å². The van der Waals surface area contributed by atoms with Gasteiger partial charge in [0.1, 0.15) is 11.3 Å². The Balaban J connectivity index is 2.08. The molecule has 4 rings (SSSR count). The summed E-state index contributed by atoms with van der Waals surface area (Å²) >= 11 is 0. The average molecular weight is 373 g/mol. The molecule has 7 nitrogen and oxygen atoms in total. The van der Waals surface area contributed by atoms with E-state index in [0.29, 0.717) is 16.9 Å². The molecule has 0 unspecified atom stereocenters. The van der Waals surface area contributed by atoms with Gasteiger partial charge in [0.25, 0.3) is 0 Å². The predicted molar refractivity (Wildman–Crippen MR) is 103 cm³/mol. The molecule has 2 aromatic heterocycles. The number of carboxylic acid groups (broad SMARTS) is 1. The molecule has 0 saturated heterocycles. The summed E-state index contributed by atoms with van der Waals surface area (Å²) in [5.74, 6) is -1.39. The van der Waals surface area contributed by atoms with E-state index < -0.39 is 5.97 Å². The number of pyridine rings is 1. The smallest absolute Gasteiger partial charge is 0.340 e. The van der Waals surface area contributed by atoms with Crippen molar-refractivity contribution in [2.75, 3.05) is 0 Å². The summed E-state index contributed by atoms with van der Waals surface area (Å²) in [5, 5.41) is 34.1. The van der Waals surface area contributed by atoms with Crippen LogP contribution in [0.15, 0.2) is 72.9 Å². The van der Waals surface area contributed by atoms with E-state index in [1.165, 1.54) is 22.9 Å². The Labute approximate surface area is 159 Å². The highest BCUT2D eigenvalue weighted by molar-refractivity contribution is 6.02. The number of aromatic carboxylic acids is 1. The molecule has 0 radical (unpaired) electrons. The van der Waals surface area contributed by atoms with Crippen LogP contribution in [0.2, 0.25) is 0 Å². The molecule has 0 spiro atoms. The van der Waals surface area contributed by atoms with Crippen LogP contribution in [0.25, 0.3) is 28.3 Å². The Morgan fingerprint density at radius 3 is 2.25 bits per heavy atom. The molecular formula is C21H15N3O4. The highest BCUT2D eigenvalue weighted by atomic mass is 16.4. The van der Waals surface area contributed by atoms with Gasteiger partial charge < -0.3 is 15.3 Å². The topological polar surface area (TPSA) is 108 Å². The summed E-state index contributed by atoms with van der Waals surface area (Å²) in [7, 11) is 0. The van der Waals surface area contributed by atoms with Crippen molar-refractivity contribution in [3.05, 3.63) is 78.5 Å². The monoisotopic (exact) mass is 373 g/mol. The second kappa shape index (κ2) is 6.88. The van der Waals surface area contributed by atoms with Gasteiger partial charge in [-0.05, 0) is 30.3 Å². The van der Waals surface area contributed by atoms with Crippen molar-refractivity contribution in [2.45, 2.75) is 0 Å². The molecule has 28 heavy (non-hydrogen) atoms. The maximum Gasteiger partial charge on any atom is 0.340 e. The summed E-state index contributed by atoms with van der Waals surface area (Å²) < 4.78 is 1.43. The van der Waals surface area contributed by atoms with Crippen LogP contribution in [0.4, 0.5) is 0 Å². The molecule has 0 aliphatic heterocycles. The van der Waals surface area contributed by atoms with Crippen molar-refractivity contribution in [2.24, 2.45) is 0 Å². The summed E-state index contributed by atoms with van der Waals surface area (Å²) in [6.45, 7) is 0.